The number of halogens is 3. The molecule has 0 radical (unpaired) electrons. The van der Waals surface area contributed by atoms with Crippen LogP contribution in [0.5, 0.6) is 0 Å². The summed E-state index contributed by atoms with van der Waals surface area (Å²) >= 11 is 0. The number of carbonyl (C=O) groups excluding carboxylic acids is 1. The summed E-state index contributed by atoms with van der Waals surface area (Å²) in [6.07, 6.45) is 1.33. The van der Waals surface area contributed by atoms with E-state index >= 15 is 0 Å². The zero-order valence-electron chi connectivity index (χ0n) is 13.1. The van der Waals surface area contributed by atoms with Gasteiger partial charge in [0.05, 0.1) is 18.1 Å². The van der Waals surface area contributed by atoms with Gasteiger partial charge < -0.3 is 9.88 Å². The zero-order chi connectivity index (χ0) is 18.0. The highest BCUT2D eigenvalue weighted by Gasteiger charge is 2.42. The molecule has 1 N–H and O–H groups in total. The first-order valence-electron chi connectivity index (χ1n) is 7.31. The van der Waals surface area contributed by atoms with Gasteiger partial charge in [-0.2, -0.15) is 13.2 Å². The monoisotopic (exact) mass is 349 g/mol. The SMILES string of the molecule is Cn1ccc([C@@H](NC(=O)c2ccc(-n3ccnn3)cc2)C(F)(F)F)c1. The molecule has 3 rings (SSSR count). The van der Waals surface area contributed by atoms with Crippen LogP contribution in [0.2, 0.25) is 0 Å². The lowest BCUT2D eigenvalue weighted by atomic mass is 10.1. The molecule has 25 heavy (non-hydrogen) atoms. The van der Waals surface area contributed by atoms with Crippen LogP contribution in [-0.2, 0) is 7.05 Å². The Hall–Kier alpha value is -3.10. The van der Waals surface area contributed by atoms with Gasteiger partial charge in [0.25, 0.3) is 5.91 Å². The van der Waals surface area contributed by atoms with E-state index in [9.17, 15) is 18.0 Å². The van der Waals surface area contributed by atoms with Gasteiger partial charge in [0, 0.05) is 30.6 Å². The van der Waals surface area contributed by atoms with E-state index in [1.165, 1.54) is 46.0 Å². The van der Waals surface area contributed by atoms with Crippen LogP contribution in [0, 0.1) is 0 Å². The van der Waals surface area contributed by atoms with Crippen LogP contribution in [0.1, 0.15) is 22.0 Å². The maximum atomic E-state index is 13.3. The van der Waals surface area contributed by atoms with E-state index in [1.807, 2.05) is 5.32 Å². The number of aryl methyl sites for hydroxylation is 1. The van der Waals surface area contributed by atoms with Crippen molar-refractivity contribution in [1.29, 1.82) is 0 Å². The third kappa shape index (κ3) is 3.70. The minimum atomic E-state index is -4.60. The van der Waals surface area contributed by atoms with Crippen LogP contribution in [0.3, 0.4) is 0 Å². The van der Waals surface area contributed by atoms with Gasteiger partial charge in [-0.05, 0) is 30.3 Å². The summed E-state index contributed by atoms with van der Waals surface area (Å²) in [4.78, 5) is 12.2. The molecule has 0 fully saturated rings. The predicted octanol–water partition coefficient (Wildman–Crippen LogP) is 2.64. The van der Waals surface area contributed by atoms with E-state index in [4.69, 9.17) is 0 Å². The smallest absolute Gasteiger partial charge is 0.357 e. The number of hydrogen-bond acceptors (Lipinski definition) is 3. The average molecular weight is 349 g/mol. The van der Waals surface area contributed by atoms with Crippen molar-refractivity contribution in [3.63, 3.8) is 0 Å². The fraction of sp³-hybridized carbons (Fsp3) is 0.188. The Labute approximate surface area is 140 Å². The van der Waals surface area contributed by atoms with Gasteiger partial charge >= 0.3 is 6.18 Å². The summed E-state index contributed by atoms with van der Waals surface area (Å²) < 4.78 is 42.9. The largest absolute Gasteiger partial charge is 0.412 e. The summed E-state index contributed by atoms with van der Waals surface area (Å²) in [6, 6.07) is 5.28. The second kappa shape index (κ2) is 6.42. The maximum absolute atomic E-state index is 13.3. The standard InChI is InChI=1S/C16H14F3N5O/c1-23-8-6-12(10-23)14(16(17,18)19)21-15(25)11-2-4-13(5-3-11)24-9-7-20-22-24/h2-10,14H,1H3,(H,21,25)/t14-/m1/s1. The molecule has 3 aromatic rings. The minimum Gasteiger partial charge on any atom is -0.357 e. The summed E-state index contributed by atoms with van der Waals surface area (Å²) in [5, 5.41) is 9.51. The van der Waals surface area contributed by atoms with E-state index in [1.54, 1.807) is 25.4 Å². The van der Waals surface area contributed by atoms with E-state index in [-0.39, 0.29) is 11.1 Å². The third-order valence-electron chi connectivity index (χ3n) is 3.61. The number of rotatable bonds is 4. The first-order chi connectivity index (χ1) is 11.8. The molecule has 2 heterocycles. The molecule has 0 bridgehead atoms. The molecule has 0 aliphatic heterocycles. The number of amides is 1. The highest BCUT2D eigenvalue weighted by molar-refractivity contribution is 5.94. The Bertz CT molecular complexity index is 853. The molecule has 6 nitrogen and oxygen atoms in total. The summed E-state index contributed by atoms with van der Waals surface area (Å²) in [7, 11) is 1.61. The van der Waals surface area contributed by atoms with Gasteiger partial charge in [-0.1, -0.05) is 5.21 Å². The lowest BCUT2D eigenvalue weighted by Crippen LogP contribution is -2.38. The van der Waals surface area contributed by atoms with Crippen molar-refractivity contribution in [3.05, 3.63) is 66.2 Å². The Morgan fingerprint density at radius 1 is 1.16 bits per heavy atom. The van der Waals surface area contributed by atoms with Crippen molar-refractivity contribution in [3.8, 4) is 5.69 Å². The predicted molar refractivity (Wildman–Crippen MR) is 83.0 cm³/mol. The van der Waals surface area contributed by atoms with Crippen molar-refractivity contribution in [2.24, 2.45) is 7.05 Å². The number of alkyl halides is 3. The van der Waals surface area contributed by atoms with Gasteiger partial charge in [-0.15, -0.1) is 5.10 Å². The lowest BCUT2D eigenvalue weighted by Gasteiger charge is -2.21. The lowest BCUT2D eigenvalue weighted by molar-refractivity contribution is -0.155. The fourth-order valence-corrected chi connectivity index (χ4v) is 2.38. The molecule has 130 valence electrons. The van der Waals surface area contributed by atoms with Crippen molar-refractivity contribution in [2.75, 3.05) is 0 Å². The average Bonchev–Trinajstić information content (AvgIpc) is 3.23. The molecule has 0 saturated heterocycles. The second-order valence-corrected chi connectivity index (χ2v) is 5.45. The van der Waals surface area contributed by atoms with Crippen molar-refractivity contribution >= 4 is 5.91 Å². The molecule has 0 unspecified atom stereocenters. The van der Waals surface area contributed by atoms with Crippen LogP contribution >= 0.6 is 0 Å². The van der Waals surface area contributed by atoms with Crippen molar-refractivity contribution < 1.29 is 18.0 Å². The minimum absolute atomic E-state index is 0.0254. The van der Waals surface area contributed by atoms with E-state index in [0.717, 1.165) is 0 Å². The number of benzene rings is 1. The number of carbonyl (C=O) groups is 1. The quantitative estimate of drug-likeness (QED) is 0.788. The van der Waals surface area contributed by atoms with E-state index in [2.05, 4.69) is 10.3 Å². The van der Waals surface area contributed by atoms with Crippen LogP contribution in [0.25, 0.3) is 5.69 Å². The molecule has 1 atom stereocenters. The van der Waals surface area contributed by atoms with Gasteiger partial charge in [-0.3, -0.25) is 4.79 Å². The summed E-state index contributed by atoms with van der Waals surface area (Å²) in [6.45, 7) is 0. The normalized spacial score (nSPS) is 12.8. The first kappa shape index (κ1) is 16.7. The number of nitrogens with zero attached hydrogens (tertiary/aromatic N) is 4. The van der Waals surface area contributed by atoms with Gasteiger partial charge in [0.15, 0.2) is 6.04 Å². The molecule has 2 aromatic heterocycles. The highest BCUT2D eigenvalue weighted by atomic mass is 19.4. The van der Waals surface area contributed by atoms with E-state index in [0.29, 0.717) is 5.69 Å². The Morgan fingerprint density at radius 2 is 1.88 bits per heavy atom. The fourth-order valence-electron chi connectivity index (χ4n) is 2.38. The number of aromatic nitrogens is 4. The van der Waals surface area contributed by atoms with Crippen LogP contribution in [0.15, 0.2) is 55.1 Å². The Kier molecular flexibility index (Phi) is 4.30. The number of hydrogen-bond donors (Lipinski definition) is 1. The second-order valence-electron chi connectivity index (χ2n) is 5.45. The van der Waals surface area contributed by atoms with E-state index < -0.39 is 18.1 Å². The highest BCUT2D eigenvalue weighted by Crippen LogP contribution is 2.33. The van der Waals surface area contributed by atoms with Crippen LogP contribution in [-0.4, -0.2) is 31.6 Å². The van der Waals surface area contributed by atoms with Gasteiger partial charge in [0.1, 0.15) is 0 Å². The zero-order valence-corrected chi connectivity index (χ0v) is 13.1. The summed E-state index contributed by atoms with van der Waals surface area (Å²) in [5.41, 5.74) is 0.737. The molecular weight excluding hydrogens is 335 g/mol. The first-order valence-corrected chi connectivity index (χ1v) is 7.31. The molecule has 9 heteroatoms. The molecule has 0 saturated carbocycles. The molecule has 0 aliphatic rings. The molecule has 0 aliphatic carbocycles. The van der Waals surface area contributed by atoms with Gasteiger partial charge in [0.2, 0.25) is 0 Å². The van der Waals surface area contributed by atoms with Crippen LogP contribution in [0.4, 0.5) is 13.2 Å². The molecule has 0 spiro atoms. The van der Waals surface area contributed by atoms with Crippen molar-refractivity contribution in [2.45, 2.75) is 12.2 Å². The maximum Gasteiger partial charge on any atom is 0.412 e. The molecule has 1 amide bonds. The van der Waals surface area contributed by atoms with Crippen molar-refractivity contribution in [1.82, 2.24) is 24.9 Å². The third-order valence-corrected chi connectivity index (χ3v) is 3.61. The molecular formula is C16H14F3N5O. The summed E-state index contributed by atoms with van der Waals surface area (Å²) in [5.74, 6) is -0.809. The molecule has 1 aromatic carbocycles. The topological polar surface area (TPSA) is 64.7 Å². The van der Waals surface area contributed by atoms with Gasteiger partial charge in [-0.25, -0.2) is 4.68 Å². The Balaban J connectivity index is 1.79. The number of nitrogens with one attached hydrogen (secondary N) is 1. The van der Waals surface area contributed by atoms with Crippen LogP contribution < -0.4 is 5.32 Å². The Morgan fingerprint density at radius 3 is 2.40 bits per heavy atom.